The molecular formula is C17H18FNO3S. The Labute approximate surface area is 135 Å². The normalized spacial score (nSPS) is 16.1. The summed E-state index contributed by atoms with van der Waals surface area (Å²) in [6, 6.07) is 11.9. The van der Waals surface area contributed by atoms with Crippen LogP contribution in [0.25, 0.3) is 0 Å². The third-order valence-electron chi connectivity index (χ3n) is 3.97. The van der Waals surface area contributed by atoms with Crippen LogP contribution in [0.15, 0.2) is 53.4 Å². The summed E-state index contributed by atoms with van der Waals surface area (Å²) in [5.74, 6) is 0.557. The van der Waals surface area contributed by atoms with Gasteiger partial charge in [-0.2, -0.15) is 0 Å². The second kappa shape index (κ2) is 6.29. The van der Waals surface area contributed by atoms with Crippen molar-refractivity contribution in [3.8, 4) is 5.75 Å². The highest BCUT2D eigenvalue weighted by atomic mass is 32.2. The smallest absolute Gasteiger partial charge is 0.241 e. The standard InChI is InChI=1S/C17H18FNO3S/c1-22-15-8-4-13(5-9-15)17(12-2-3-12)19-23(20,21)16-10-6-14(18)7-11-16/h4-12,17,19H,2-3H2,1H3/t17-/m1/s1. The average Bonchev–Trinajstić information content (AvgIpc) is 3.38. The highest BCUT2D eigenvalue weighted by molar-refractivity contribution is 7.89. The molecule has 0 bridgehead atoms. The van der Waals surface area contributed by atoms with E-state index in [-0.39, 0.29) is 10.9 Å². The van der Waals surface area contributed by atoms with Crippen molar-refractivity contribution in [1.29, 1.82) is 0 Å². The van der Waals surface area contributed by atoms with Crippen molar-refractivity contribution in [3.05, 3.63) is 59.9 Å². The molecule has 0 aromatic heterocycles. The molecule has 2 aromatic carbocycles. The minimum absolute atomic E-state index is 0.0676. The lowest BCUT2D eigenvalue weighted by molar-refractivity contribution is 0.414. The number of hydrogen-bond acceptors (Lipinski definition) is 3. The molecule has 23 heavy (non-hydrogen) atoms. The minimum Gasteiger partial charge on any atom is -0.497 e. The lowest BCUT2D eigenvalue weighted by Gasteiger charge is -2.19. The van der Waals surface area contributed by atoms with Crippen LogP contribution in [-0.4, -0.2) is 15.5 Å². The van der Waals surface area contributed by atoms with E-state index in [1.54, 1.807) is 7.11 Å². The maximum Gasteiger partial charge on any atom is 0.241 e. The van der Waals surface area contributed by atoms with Crippen molar-refractivity contribution >= 4 is 10.0 Å². The molecule has 4 nitrogen and oxygen atoms in total. The molecule has 0 heterocycles. The van der Waals surface area contributed by atoms with Gasteiger partial charge in [0.25, 0.3) is 0 Å². The number of ether oxygens (including phenoxy) is 1. The van der Waals surface area contributed by atoms with Gasteiger partial charge in [0.1, 0.15) is 11.6 Å². The van der Waals surface area contributed by atoms with Gasteiger partial charge in [-0.1, -0.05) is 12.1 Å². The van der Waals surface area contributed by atoms with Gasteiger partial charge in [-0.25, -0.2) is 17.5 Å². The molecule has 0 unspecified atom stereocenters. The summed E-state index contributed by atoms with van der Waals surface area (Å²) in [4.78, 5) is 0.0676. The van der Waals surface area contributed by atoms with Crippen LogP contribution in [0.1, 0.15) is 24.4 Å². The van der Waals surface area contributed by atoms with Crippen LogP contribution < -0.4 is 9.46 Å². The number of methoxy groups -OCH3 is 1. The van der Waals surface area contributed by atoms with Crippen LogP contribution in [0.5, 0.6) is 5.75 Å². The molecule has 0 radical (unpaired) electrons. The Morgan fingerprint density at radius 1 is 1.09 bits per heavy atom. The molecule has 1 N–H and O–H groups in total. The van der Waals surface area contributed by atoms with Gasteiger partial charge in [0.15, 0.2) is 0 Å². The number of benzene rings is 2. The molecule has 0 saturated heterocycles. The summed E-state index contributed by atoms with van der Waals surface area (Å²) in [5.41, 5.74) is 0.902. The summed E-state index contributed by atoms with van der Waals surface area (Å²) in [6.45, 7) is 0. The van der Waals surface area contributed by atoms with Gasteiger partial charge in [-0.15, -0.1) is 0 Å². The van der Waals surface area contributed by atoms with Crippen LogP contribution in [0.3, 0.4) is 0 Å². The molecule has 6 heteroatoms. The van der Waals surface area contributed by atoms with E-state index in [1.807, 2.05) is 24.3 Å². The van der Waals surface area contributed by atoms with Crippen molar-refractivity contribution in [3.63, 3.8) is 0 Å². The van der Waals surface area contributed by atoms with Crippen LogP contribution in [0.2, 0.25) is 0 Å². The van der Waals surface area contributed by atoms with Gasteiger partial charge in [0, 0.05) is 6.04 Å². The monoisotopic (exact) mass is 335 g/mol. The molecule has 1 aliphatic rings. The third kappa shape index (κ3) is 3.71. The maximum atomic E-state index is 13.0. The Hall–Kier alpha value is -1.92. The summed E-state index contributed by atoms with van der Waals surface area (Å²) < 4.78 is 45.9. The molecule has 3 rings (SSSR count). The fraction of sp³-hybridized carbons (Fsp3) is 0.294. The topological polar surface area (TPSA) is 55.4 Å². The number of halogens is 1. The van der Waals surface area contributed by atoms with E-state index in [0.717, 1.165) is 36.3 Å². The fourth-order valence-electron chi connectivity index (χ4n) is 2.53. The van der Waals surface area contributed by atoms with Crippen LogP contribution in [0.4, 0.5) is 4.39 Å². The van der Waals surface area contributed by atoms with E-state index in [9.17, 15) is 12.8 Å². The lowest BCUT2D eigenvalue weighted by Crippen LogP contribution is -2.30. The Balaban J connectivity index is 1.85. The predicted molar refractivity (Wildman–Crippen MR) is 85.2 cm³/mol. The van der Waals surface area contributed by atoms with Gasteiger partial charge in [0.05, 0.1) is 12.0 Å². The van der Waals surface area contributed by atoms with E-state index >= 15 is 0 Å². The molecule has 0 aliphatic heterocycles. The molecule has 0 spiro atoms. The van der Waals surface area contributed by atoms with Crippen LogP contribution in [0, 0.1) is 11.7 Å². The summed E-state index contributed by atoms with van der Waals surface area (Å²) >= 11 is 0. The molecule has 1 fully saturated rings. The third-order valence-corrected chi connectivity index (χ3v) is 5.43. The van der Waals surface area contributed by atoms with Crippen molar-refractivity contribution in [2.24, 2.45) is 5.92 Å². The summed E-state index contributed by atoms with van der Waals surface area (Å²) in [7, 11) is -2.11. The average molecular weight is 335 g/mol. The van der Waals surface area contributed by atoms with Crippen molar-refractivity contribution in [2.45, 2.75) is 23.8 Å². The summed E-state index contributed by atoms with van der Waals surface area (Å²) in [5, 5.41) is 0. The first-order chi connectivity index (χ1) is 11.0. The number of rotatable bonds is 6. The van der Waals surface area contributed by atoms with Crippen molar-refractivity contribution < 1.29 is 17.5 Å². The molecule has 1 saturated carbocycles. The molecule has 122 valence electrons. The van der Waals surface area contributed by atoms with Gasteiger partial charge < -0.3 is 4.74 Å². The molecule has 1 aliphatic carbocycles. The zero-order valence-corrected chi connectivity index (χ0v) is 13.5. The van der Waals surface area contributed by atoms with Crippen LogP contribution in [-0.2, 0) is 10.0 Å². The van der Waals surface area contributed by atoms with E-state index in [2.05, 4.69) is 4.72 Å². The fourth-order valence-corrected chi connectivity index (χ4v) is 3.82. The van der Waals surface area contributed by atoms with Crippen LogP contribution >= 0.6 is 0 Å². The summed E-state index contributed by atoms with van der Waals surface area (Å²) in [6.07, 6.45) is 1.98. The first kappa shape index (κ1) is 16.0. The zero-order valence-electron chi connectivity index (χ0n) is 12.7. The Morgan fingerprint density at radius 3 is 2.22 bits per heavy atom. The second-order valence-electron chi connectivity index (χ2n) is 5.66. The SMILES string of the molecule is COc1ccc([C@H](NS(=O)(=O)c2ccc(F)cc2)C2CC2)cc1. The number of sulfonamides is 1. The maximum absolute atomic E-state index is 13.0. The number of hydrogen-bond donors (Lipinski definition) is 1. The van der Waals surface area contributed by atoms with Gasteiger partial charge in [0.2, 0.25) is 10.0 Å². The Morgan fingerprint density at radius 2 is 1.70 bits per heavy atom. The first-order valence-corrected chi connectivity index (χ1v) is 8.90. The van der Waals surface area contributed by atoms with Gasteiger partial charge >= 0.3 is 0 Å². The van der Waals surface area contributed by atoms with Crippen molar-refractivity contribution in [2.75, 3.05) is 7.11 Å². The Kier molecular flexibility index (Phi) is 4.37. The quantitative estimate of drug-likeness (QED) is 0.881. The largest absolute Gasteiger partial charge is 0.497 e. The minimum atomic E-state index is -3.69. The predicted octanol–water partition coefficient (Wildman–Crippen LogP) is 3.26. The van der Waals surface area contributed by atoms with E-state index in [1.165, 1.54) is 12.1 Å². The molecule has 0 amide bonds. The van der Waals surface area contributed by atoms with Gasteiger partial charge in [-0.05, 0) is 60.7 Å². The highest BCUT2D eigenvalue weighted by Gasteiger charge is 2.35. The zero-order chi connectivity index (χ0) is 16.4. The van der Waals surface area contributed by atoms with E-state index in [0.29, 0.717) is 5.92 Å². The molecular weight excluding hydrogens is 317 g/mol. The van der Waals surface area contributed by atoms with Gasteiger partial charge in [-0.3, -0.25) is 0 Å². The Bertz CT molecular complexity index is 768. The van der Waals surface area contributed by atoms with Crippen molar-refractivity contribution in [1.82, 2.24) is 4.72 Å². The highest BCUT2D eigenvalue weighted by Crippen LogP contribution is 2.42. The molecule has 2 aromatic rings. The number of nitrogens with one attached hydrogen (secondary N) is 1. The molecule has 1 atom stereocenters. The lowest BCUT2D eigenvalue weighted by atomic mass is 10.0. The van der Waals surface area contributed by atoms with E-state index in [4.69, 9.17) is 4.74 Å². The second-order valence-corrected chi connectivity index (χ2v) is 7.38. The van der Waals surface area contributed by atoms with E-state index < -0.39 is 15.8 Å². The first-order valence-electron chi connectivity index (χ1n) is 7.41.